The Morgan fingerprint density at radius 1 is 1.27 bits per heavy atom. The smallest absolute Gasteiger partial charge is 0.234 e. The van der Waals surface area contributed by atoms with Crippen LogP contribution in [0.1, 0.15) is 40.0 Å². The van der Waals surface area contributed by atoms with Crippen molar-refractivity contribution in [3.63, 3.8) is 0 Å². The van der Waals surface area contributed by atoms with Crippen LogP contribution < -0.4 is 5.32 Å². The molecule has 0 radical (unpaired) electrons. The highest BCUT2D eigenvalue weighted by atomic mass is 16.5. The van der Waals surface area contributed by atoms with Crippen LogP contribution in [0.2, 0.25) is 0 Å². The van der Waals surface area contributed by atoms with Gasteiger partial charge in [0.1, 0.15) is 0 Å². The van der Waals surface area contributed by atoms with Crippen LogP contribution in [0.4, 0.5) is 0 Å². The summed E-state index contributed by atoms with van der Waals surface area (Å²) in [5.74, 6) is 0.819. The molecule has 2 aliphatic heterocycles. The van der Waals surface area contributed by atoms with Gasteiger partial charge in [-0.1, -0.05) is 13.8 Å². The first-order valence-electron chi connectivity index (χ1n) is 8.88. The van der Waals surface area contributed by atoms with Gasteiger partial charge in [-0.15, -0.1) is 0 Å². The van der Waals surface area contributed by atoms with Gasteiger partial charge in [-0.3, -0.25) is 14.6 Å². The van der Waals surface area contributed by atoms with Gasteiger partial charge in [0, 0.05) is 31.7 Å². The van der Waals surface area contributed by atoms with Crippen LogP contribution in [0.15, 0.2) is 0 Å². The molecule has 2 heterocycles. The number of hydrogen-bond acceptors (Lipinski definition) is 4. The number of carbonyl (C=O) groups excluding carboxylic acids is 1. The second-order valence-electron chi connectivity index (χ2n) is 7.20. The lowest BCUT2D eigenvalue weighted by Crippen LogP contribution is -2.50. The number of likely N-dealkylation sites (tertiary alicyclic amines) is 1. The highest BCUT2D eigenvalue weighted by Crippen LogP contribution is 2.16. The lowest BCUT2D eigenvalue weighted by Gasteiger charge is -2.35. The molecule has 0 aromatic heterocycles. The van der Waals surface area contributed by atoms with Crippen molar-refractivity contribution in [2.24, 2.45) is 5.92 Å². The minimum absolute atomic E-state index is 0.177. The minimum Gasteiger partial charge on any atom is -0.379 e. The number of amides is 1. The molecular formula is C17H33N3O2. The van der Waals surface area contributed by atoms with Gasteiger partial charge in [0.25, 0.3) is 0 Å². The Bertz CT molecular complexity index is 343. The first-order chi connectivity index (χ1) is 10.6. The molecule has 5 nitrogen and oxygen atoms in total. The molecular weight excluding hydrogens is 278 g/mol. The molecule has 0 aromatic carbocycles. The van der Waals surface area contributed by atoms with Crippen LogP contribution in [0, 0.1) is 5.92 Å². The molecule has 2 atom stereocenters. The average molecular weight is 311 g/mol. The molecule has 2 saturated heterocycles. The molecule has 5 heteroatoms. The Kier molecular flexibility index (Phi) is 7.12. The van der Waals surface area contributed by atoms with Gasteiger partial charge in [0.2, 0.25) is 5.91 Å². The maximum atomic E-state index is 12.2. The van der Waals surface area contributed by atoms with E-state index in [0.717, 1.165) is 45.8 Å². The number of nitrogens with one attached hydrogen (secondary N) is 1. The molecule has 22 heavy (non-hydrogen) atoms. The van der Waals surface area contributed by atoms with E-state index in [4.69, 9.17) is 4.74 Å². The summed E-state index contributed by atoms with van der Waals surface area (Å²) < 4.78 is 5.45. The van der Waals surface area contributed by atoms with Gasteiger partial charge in [0.15, 0.2) is 0 Å². The van der Waals surface area contributed by atoms with Crippen molar-refractivity contribution in [2.75, 3.05) is 45.9 Å². The summed E-state index contributed by atoms with van der Waals surface area (Å²) in [6, 6.07) is 0.986. The van der Waals surface area contributed by atoms with E-state index in [-0.39, 0.29) is 5.91 Å². The van der Waals surface area contributed by atoms with Crippen molar-refractivity contribution in [3.8, 4) is 0 Å². The van der Waals surface area contributed by atoms with E-state index in [9.17, 15) is 4.79 Å². The molecule has 0 aliphatic carbocycles. The molecule has 2 fully saturated rings. The largest absolute Gasteiger partial charge is 0.379 e. The molecule has 1 N–H and O–H groups in total. The molecule has 0 saturated carbocycles. The summed E-state index contributed by atoms with van der Waals surface area (Å²) in [4.78, 5) is 17.0. The van der Waals surface area contributed by atoms with E-state index in [1.807, 2.05) is 0 Å². The molecule has 2 aliphatic rings. The van der Waals surface area contributed by atoms with Gasteiger partial charge in [-0.2, -0.15) is 0 Å². The van der Waals surface area contributed by atoms with Crippen LogP contribution in [-0.2, 0) is 9.53 Å². The number of rotatable bonds is 7. The van der Waals surface area contributed by atoms with Gasteiger partial charge >= 0.3 is 0 Å². The third-order valence-electron chi connectivity index (χ3n) is 4.88. The summed E-state index contributed by atoms with van der Waals surface area (Å²) in [7, 11) is 0. The van der Waals surface area contributed by atoms with Crippen molar-refractivity contribution < 1.29 is 9.53 Å². The SMILES string of the molecule is CC(C)C[C@H](CNC(=O)CN1CCC[C@@H]1C)N1CCOCC1. The Morgan fingerprint density at radius 2 is 2.00 bits per heavy atom. The Balaban J connectivity index is 1.77. The van der Waals surface area contributed by atoms with E-state index in [1.54, 1.807) is 0 Å². The Labute approximate surface area is 135 Å². The molecule has 0 spiro atoms. The van der Waals surface area contributed by atoms with E-state index in [0.29, 0.717) is 24.5 Å². The van der Waals surface area contributed by atoms with Gasteiger partial charge < -0.3 is 10.1 Å². The van der Waals surface area contributed by atoms with Crippen molar-refractivity contribution in [1.29, 1.82) is 0 Å². The molecule has 2 rings (SSSR count). The zero-order chi connectivity index (χ0) is 15.9. The zero-order valence-electron chi connectivity index (χ0n) is 14.5. The first kappa shape index (κ1) is 17.7. The molecule has 0 aromatic rings. The third kappa shape index (κ3) is 5.52. The van der Waals surface area contributed by atoms with Crippen molar-refractivity contribution in [1.82, 2.24) is 15.1 Å². The van der Waals surface area contributed by atoms with E-state index in [1.165, 1.54) is 12.8 Å². The van der Waals surface area contributed by atoms with Gasteiger partial charge in [0.05, 0.1) is 19.8 Å². The van der Waals surface area contributed by atoms with Gasteiger partial charge in [-0.05, 0) is 38.6 Å². The highest BCUT2D eigenvalue weighted by Gasteiger charge is 2.25. The second-order valence-corrected chi connectivity index (χ2v) is 7.20. The van der Waals surface area contributed by atoms with E-state index < -0.39 is 0 Å². The number of morpholine rings is 1. The fourth-order valence-electron chi connectivity index (χ4n) is 3.55. The molecule has 0 bridgehead atoms. The summed E-state index contributed by atoms with van der Waals surface area (Å²) in [6.45, 7) is 12.7. The summed E-state index contributed by atoms with van der Waals surface area (Å²) in [6.07, 6.45) is 3.57. The topological polar surface area (TPSA) is 44.8 Å². The van der Waals surface area contributed by atoms with Crippen molar-refractivity contribution >= 4 is 5.91 Å². The van der Waals surface area contributed by atoms with E-state index in [2.05, 4.69) is 35.9 Å². The molecule has 0 unspecified atom stereocenters. The number of carbonyl (C=O) groups is 1. The maximum Gasteiger partial charge on any atom is 0.234 e. The quantitative estimate of drug-likeness (QED) is 0.770. The summed E-state index contributed by atoms with van der Waals surface area (Å²) in [5, 5.41) is 3.17. The van der Waals surface area contributed by atoms with Gasteiger partial charge in [-0.25, -0.2) is 0 Å². The van der Waals surface area contributed by atoms with Crippen LogP contribution in [0.5, 0.6) is 0 Å². The summed E-state index contributed by atoms with van der Waals surface area (Å²) in [5.41, 5.74) is 0. The van der Waals surface area contributed by atoms with Crippen LogP contribution in [0.25, 0.3) is 0 Å². The Hall–Kier alpha value is -0.650. The monoisotopic (exact) mass is 311 g/mol. The van der Waals surface area contributed by atoms with Crippen molar-refractivity contribution in [2.45, 2.75) is 52.1 Å². The number of hydrogen-bond donors (Lipinski definition) is 1. The maximum absolute atomic E-state index is 12.2. The highest BCUT2D eigenvalue weighted by molar-refractivity contribution is 5.78. The molecule has 1 amide bonds. The average Bonchev–Trinajstić information content (AvgIpc) is 2.89. The predicted molar refractivity (Wildman–Crippen MR) is 88.9 cm³/mol. The fraction of sp³-hybridized carbons (Fsp3) is 0.941. The lowest BCUT2D eigenvalue weighted by molar-refractivity contribution is -0.122. The summed E-state index contributed by atoms with van der Waals surface area (Å²) >= 11 is 0. The lowest BCUT2D eigenvalue weighted by atomic mass is 10.0. The first-order valence-corrected chi connectivity index (χ1v) is 8.88. The number of ether oxygens (including phenoxy) is 1. The zero-order valence-corrected chi connectivity index (χ0v) is 14.5. The minimum atomic E-state index is 0.177. The van der Waals surface area contributed by atoms with Crippen molar-refractivity contribution in [3.05, 3.63) is 0 Å². The number of nitrogens with zero attached hydrogens (tertiary/aromatic N) is 2. The third-order valence-corrected chi connectivity index (χ3v) is 4.88. The fourth-order valence-corrected chi connectivity index (χ4v) is 3.55. The van der Waals surface area contributed by atoms with E-state index >= 15 is 0 Å². The van der Waals surface area contributed by atoms with Crippen LogP contribution in [0.3, 0.4) is 0 Å². The van der Waals surface area contributed by atoms with Crippen LogP contribution >= 0.6 is 0 Å². The normalized spacial score (nSPS) is 25.5. The predicted octanol–water partition coefficient (Wildman–Crippen LogP) is 1.33. The Morgan fingerprint density at radius 3 is 2.59 bits per heavy atom. The van der Waals surface area contributed by atoms with Crippen LogP contribution in [-0.4, -0.2) is 73.7 Å². The standard InChI is InChI=1S/C17H33N3O2/c1-14(2)11-16(19-7-9-22-10-8-19)12-18-17(21)13-20-6-4-5-15(20)3/h14-16H,4-13H2,1-3H3,(H,18,21)/t15-,16+/m0/s1. The second kappa shape index (κ2) is 8.85. The molecule has 128 valence electrons.